The molecule has 0 aliphatic rings. The van der Waals surface area contributed by atoms with Gasteiger partial charge in [-0.2, -0.15) is 19.6 Å². The van der Waals surface area contributed by atoms with E-state index in [4.69, 9.17) is 0 Å². The van der Waals surface area contributed by atoms with Gasteiger partial charge >= 0.3 is 0 Å². The van der Waals surface area contributed by atoms with Gasteiger partial charge in [0.2, 0.25) is 11.8 Å². The number of aliphatic imine (C=N–C) groups is 2. The van der Waals surface area contributed by atoms with Crippen LogP contribution in [0, 0.1) is 13.8 Å². The third-order valence-electron chi connectivity index (χ3n) is 9.66. The summed E-state index contributed by atoms with van der Waals surface area (Å²) in [6.45, 7) is 3.81. The van der Waals surface area contributed by atoms with Crippen LogP contribution in [0.5, 0.6) is 23.3 Å². The molecule has 16 nitrogen and oxygen atoms in total. The fourth-order valence-corrected chi connectivity index (χ4v) is 7.50. The van der Waals surface area contributed by atoms with Crippen LogP contribution in [0.3, 0.4) is 0 Å². The first-order valence-electron chi connectivity index (χ1n) is 19.3. The maximum atomic E-state index is 11.9. The van der Waals surface area contributed by atoms with Crippen LogP contribution in [0.4, 0.5) is 11.4 Å². The van der Waals surface area contributed by atoms with E-state index in [1.54, 1.807) is 42.7 Å². The first-order valence-corrected chi connectivity index (χ1v) is 22.4. The quantitative estimate of drug-likeness (QED) is 0.0724. The number of aromatic nitrogens is 6. The molecular formula is C46H39CrN8O8S2-. The molecule has 8 aromatic rings. The maximum absolute atomic E-state index is 11.9. The van der Waals surface area contributed by atoms with Crippen LogP contribution in [0.2, 0.25) is 0 Å². The minimum atomic E-state index is -3.48. The largest absolute Gasteiger partial charge is 0.772 e. The van der Waals surface area contributed by atoms with E-state index >= 15 is 0 Å². The normalized spacial score (nSPS) is 11.9. The molecule has 0 spiro atoms. The van der Waals surface area contributed by atoms with E-state index in [2.05, 4.69) is 30.2 Å². The van der Waals surface area contributed by atoms with Crippen molar-refractivity contribution in [3.63, 3.8) is 0 Å². The number of phenolic OH excluding ortho intramolecular Hbond substituents is 2. The van der Waals surface area contributed by atoms with Crippen molar-refractivity contribution in [3.8, 4) is 57.4 Å². The molecule has 330 valence electrons. The van der Waals surface area contributed by atoms with Crippen molar-refractivity contribution in [2.45, 2.75) is 24.5 Å². The smallest absolute Gasteiger partial charge is 0.223 e. The Bertz CT molecular complexity index is 3180. The number of phenols is 2. The molecule has 0 saturated heterocycles. The Morgan fingerprint density at radius 3 is 1.52 bits per heavy atom. The van der Waals surface area contributed by atoms with Crippen LogP contribution in [0.25, 0.3) is 34.2 Å². The van der Waals surface area contributed by atoms with E-state index in [1.807, 2.05) is 68.4 Å². The second-order valence-electron chi connectivity index (χ2n) is 14.2. The number of para-hydroxylation sites is 2. The molecule has 4 aromatic heterocycles. The predicted molar refractivity (Wildman–Crippen MR) is 243 cm³/mol. The minimum Gasteiger partial charge on any atom is -0.772 e. The molecule has 0 fully saturated rings. The van der Waals surface area contributed by atoms with Crippen molar-refractivity contribution in [3.05, 3.63) is 162 Å². The van der Waals surface area contributed by atoms with Gasteiger partial charge in [0, 0.05) is 54.2 Å². The molecule has 65 heavy (non-hydrogen) atoms. The molecule has 0 saturated carbocycles. The first kappa shape index (κ1) is 47.2. The molecule has 0 aliphatic heterocycles. The Kier molecular flexibility index (Phi) is 14.9. The van der Waals surface area contributed by atoms with Gasteiger partial charge in [-0.15, -0.1) is 0 Å². The fourth-order valence-electron chi connectivity index (χ4n) is 6.41. The minimum absolute atomic E-state index is 0. The van der Waals surface area contributed by atoms with Crippen LogP contribution in [0.1, 0.15) is 27.8 Å². The standard InChI is InChI=1S/2C23H20N4O4S.Cr/c1-15-7-3-4-9-20(15)27-23(29)17(22(26-27)18-8-5-6-12-24-18)14-25-19-13-16(32(2,30)31)10-11-21(19)28;1-15-6-2-3-8-20(15)27-23(29)17(22(26-27)18-7-4-5-11-24-18)13-25-19-12-16(14-32(30)31)9-10-21(19)28;/h3-14,28-29H,1-2H3;2-13,28-29H,14H2,1H3,(H,30,31);/p-1. The van der Waals surface area contributed by atoms with Gasteiger partial charge in [-0.3, -0.25) is 24.2 Å². The van der Waals surface area contributed by atoms with E-state index in [-0.39, 0.29) is 68.2 Å². The molecular weight excluding hydrogens is 909 g/mol. The van der Waals surface area contributed by atoms with Gasteiger partial charge in [-0.1, -0.05) is 65.7 Å². The Hall–Kier alpha value is -7.27. The number of hydrogen-bond donors (Lipinski definition) is 4. The van der Waals surface area contributed by atoms with Crippen LogP contribution >= 0.6 is 0 Å². The summed E-state index contributed by atoms with van der Waals surface area (Å²) in [4.78, 5) is 17.2. The molecule has 1 atom stereocenters. The molecule has 4 N–H and O–H groups in total. The number of benzene rings is 4. The summed E-state index contributed by atoms with van der Waals surface area (Å²) >= 11 is -2.27. The van der Waals surface area contributed by atoms with Crippen molar-refractivity contribution >= 4 is 44.7 Å². The summed E-state index contributed by atoms with van der Waals surface area (Å²) in [5, 5.41) is 51.4. The fraction of sp³-hybridized carbons (Fsp3) is 0.0870. The van der Waals surface area contributed by atoms with Gasteiger partial charge in [-0.25, -0.2) is 8.42 Å². The summed E-state index contributed by atoms with van der Waals surface area (Å²) in [5.41, 5.74) is 6.33. The van der Waals surface area contributed by atoms with Crippen LogP contribution in [0.15, 0.2) is 149 Å². The summed E-state index contributed by atoms with van der Waals surface area (Å²) in [6.07, 6.45) is 7.03. The molecule has 4 heterocycles. The molecule has 8 rings (SSSR count). The summed E-state index contributed by atoms with van der Waals surface area (Å²) < 4.78 is 48.5. The van der Waals surface area contributed by atoms with Crippen molar-refractivity contribution in [1.82, 2.24) is 29.5 Å². The number of hydrogen-bond acceptors (Lipinski definition) is 14. The molecule has 0 amide bonds. The second-order valence-corrected chi connectivity index (χ2v) is 17.1. The van der Waals surface area contributed by atoms with Gasteiger partial charge in [0.25, 0.3) is 0 Å². The number of nitrogens with zero attached hydrogens (tertiary/aromatic N) is 8. The zero-order valence-corrected chi connectivity index (χ0v) is 37.7. The maximum Gasteiger partial charge on any atom is 0.223 e. The number of pyridine rings is 2. The SMILES string of the molecule is Cc1ccccc1-n1nc(-c2ccccn2)c(C=Nc2cc(CS(=O)[O-])ccc2O)c1O.Cc1ccccc1-n1nc(-c2ccccn2)c(C=Nc2cc(S(C)(=O)=O)ccc2O)c1O.[Cr]. The number of aromatic hydroxyl groups is 4. The van der Waals surface area contributed by atoms with Crippen molar-refractivity contribution in [2.24, 2.45) is 9.98 Å². The number of aryl methyl sites for hydroxylation is 2. The second kappa shape index (κ2) is 20.5. The summed E-state index contributed by atoms with van der Waals surface area (Å²) in [5.74, 6) is -0.813. The van der Waals surface area contributed by atoms with E-state index in [0.29, 0.717) is 45.3 Å². The van der Waals surface area contributed by atoms with Crippen molar-refractivity contribution in [2.75, 3.05) is 6.26 Å². The van der Waals surface area contributed by atoms with E-state index in [9.17, 15) is 37.6 Å². The first-order chi connectivity index (χ1) is 30.7. The Labute approximate surface area is 387 Å². The Morgan fingerprint density at radius 1 is 0.646 bits per heavy atom. The van der Waals surface area contributed by atoms with E-state index in [0.717, 1.165) is 17.4 Å². The van der Waals surface area contributed by atoms with Crippen molar-refractivity contribution < 1.29 is 55.0 Å². The molecule has 0 aliphatic carbocycles. The topological polar surface area (TPSA) is 241 Å². The number of rotatable bonds is 11. The Balaban J connectivity index is 0.000000212. The zero-order chi connectivity index (χ0) is 45.5. The van der Waals surface area contributed by atoms with Gasteiger partial charge < -0.3 is 25.0 Å². The van der Waals surface area contributed by atoms with Crippen LogP contribution in [-0.4, -0.2) is 85.8 Å². The monoisotopic (exact) mass is 947 g/mol. The molecule has 19 heteroatoms. The number of sulfone groups is 1. The van der Waals surface area contributed by atoms with E-state index < -0.39 is 20.9 Å². The van der Waals surface area contributed by atoms with Gasteiger partial charge in [0.05, 0.1) is 38.8 Å². The van der Waals surface area contributed by atoms with Crippen LogP contribution in [-0.2, 0) is 44.0 Å². The third-order valence-corrected chi connectivity index (χ3v) is 11.3. The van der Waals surface area contributed by atoms with Crippen molar-refractivity contribution in [1.29, 1.82) is 0 Å². The Morgan fingerprint density at radius 2 is 1.09 bits per heavy atom. The van der Waals surface area contributed by atoms with Gasteiger partial charge in [-0.05, 0) is 97.3 Å². The zero-order valence-electron chi connectivity index (χ0n) is 34.8. The average Bonchev–Trinajstić information content (AvgIpc) is 3.79. The van der Waals surface area contributed by atoms with Crippen LogP contribution < -0.4 is 0 Å². The predicted octanol–water partition coefficient (Wildman–Crippen LogP) is 7.59. The van der Waals surface area contributed by atoms with E-state index in [1.165, 1.54) is 58.2 Å². The molecule has 1 unspecified atom stereocenters. The molecule has 0 radical (unpaired) electrons. The molecule has 4 aromatic carbocycles. The summed E-state index contributed by atoms with van der Waals surface area (Å²) in [7, 11) is -3.48. The third kappa shape index (κ3) is 10.9. The summed E-state index contributed by atoms with van der Waals surface area (Å²) in [6, 6.07) is 33.8. The molecule has 0 bridgehead atoms. The average molecular weight is 948 g/mol. The van der Waals surface area contributed by atoms with Gasteiger partial charge in [0.1, 0.15) is 34.3 Å². The van der Waals surface area contributed by atoms with Gasteiger partial charge in [0.15, 0.2) is 9.84 Å².